The maximum atomic E-state index is 12.3. The maximum Gasteiger partial charge on any atom is 0.303 e. The van der Waals surface area contributed by atoms with Gasteiger partial charge >= 0.3 is 5.97 Å². The standard InChI is InChI=1S/C27H38N6O4S2/c1-18(34)36-17-24(35)33-13-10-19(11-14-33)25-30-27(39-32-25)31-26-22(37-20-7-3-2-4-8-20)15-21(16-29-26)38-23-9-5-6-12-28-23/h2-4,7-8,19,21-23,26,28-29H,5-6,9-17H2,1H3,(H,30,31,32). The van der Waals surface area contributed by atoms with Crippen LogP contribution in [0, 0.1) is 0 Å². The van der Waals surface area contributed by atoms with Crippen molar-refractivity contribution in [1.29, 1.82) is 0 Å². The van der Waals surface area contributed by atoms with Crippen LogP contribution in [0.3, 0.4) is 0 Å². The first kappa shape index (κ1) is 28.1. The minimum absolute atomic E-state index is 0.0546. The molecule has 0 saturated carbocycles. The molecule has 3 aliphatic heterocycles. The Kier molecular flexibility index (Phi) is 9.94. The Morgan fingerprint density at radius 1 is 1.15 bits per heavy atom. The molecule has 12 heteroatoms. The number of esters is 1. The number of amides is 1. The Hall–Kier alpha value is -2.41. The molecule has 3 aliphatic rings. The van der Waals surface area contributed by atoms with Crippen molar-refractivity contribution >= 4 is 40.3 Å². The van der Waals surface area contributed by atoms with Gasteiger partial charge in [-0.15, -0.1) is 11.8 Å². The Balaban J connectivity index is 1.17. The second kappa shape index (κ2) is 13.8. The summed E-state index contributed by atoms with van der Waals surface area (Å²) in [6.45, 7) is 4.34. The van der Waals surface area contributed by atoms with Gasteiger partial charge in [-0.05, 0) is 50.8 Å². The molecule has 1 amide bonds. The molecule has 0 aliphatic carbocycles. The van der Waals surface area contributed by atoms with Crippen molar-refractivity contribution in [3.63, 3.8) is 0 Å². The fourth-order valence-electron chi connectivity index (χ4n) is 5.31. The van der Waals surface area contributed by atoms with Gasteiger partial charge in [0.15, 0.2) is 6.61 Å². The average Bonchev–Trinajstić information content (AvgIpc) is 3.43. The Labute approximate surface area is 238 Å². The number of para-hydroxylation sites is 1. The summed E-state index contributed by atoms with van der Waals surface area (Å²) in [5, 5.41) is 12.6. The number of anilines is 1. The summed E-state index contributed by atoms with van der Waals surface area (Å²) in [6.07, 6.45) is 6.16. The van der Waals surface area contributed by atoms with Gasteiger partial charge in [-0.1, -0.05) is 18.2 Å². The molecule has 0 spiro atoms. The van der Waals surface area contributed by atoms with Crippen molar-refractivity contribution in [3.05, 3.63) is 36.2 Å². The number of aromatic nitrogens is 2. The van der Waals surface area contributed by atoms with E-state index >= 15 is 0 Å². The van der Waals surface area contributed by atoms with Crippen LogP contribution in [0.5, 0.6) is 5.75 Å². The molecule has 3 fully saturated rings. The summed E-state index contributed by atoms with van der Waals surface area (Å²) in [5.41, 5.74) is 0. The quantitative estimate of drug-likeness (QED) is 0.386. The number of hydrogen-bond acceptors (Lipinski definition) is 11. The number of piperidine rings is 3. The molecule has 4 unspecified atom stereocenters. The first-order valence-electron chi connectivity index (χ1n) is 13.9. The number of thioether (sulfide) groups is 1. The summed E-state index contributed by atoms with van der Waals surface area (Å²) >= 11 is 3.41. The van der Waals surface area contributed by atoms with Crippen molar-refractivity contribution < 1.29 is 19.1 Å². The molecule has 5 rings (SSSR count). The van der Waals surface area contributed by atoms with E-state index < -0.39 is 5.97 Å². The lowest BCUT2D eigenvalue weighted by Crippen LogP contribution is -2.56. The van der Waals surface area contributed by atoms with E-state index in [9.17, 15) is 9.59 Å². The lowest BCUT2D eigenvalue weighted by molar-refractivity contribution is -0.150. The number of carbonyl (C=O) groups is 2. The first-order valence-corrected chi connectivity index (χ1v) is 15.6. The molecular formula is C27H38N6O4S2. The topological polar surface area (TPSA) is 118 Å². The van der Waals surface area contributed by atoms with Crippen LogP contribution in [0.1, 0.15) is 57.2 Å². The lowest BCUT2D eigenvalue weighted by atomic mass is 9.96. The summed E-state index contributed by atoms with van der Waals surface area (Å²) in [5.74, 6) is 1.30. The molecule has 4 heterocycles. The highest BCUT2D eigenvalue weighted by Gasteiger charge is 2.35. The van der Waals surface area contributed by atoms with Crippen molar-refractivity contribution in [2.75, 3.05) is 38.1 Å². The van der Waals surface area contributed by atoms with Gasteiger partial charge in [0.05, 0.1) is 5.37 Å². The highest BCUT2D eigenvalue weighted by molar-refractivity contribution is 8.00. The smallest absolute Gasteiger partial charge is 0.303 e. The van der Waals surface area contributed by atoms with E-state index in [4.69, 9.17) is 14.5 Å². The van der Waals surface area contributed by atoms with Crippen LogP contribution in [0.2, 0.25) is 0 Å². The number of benzene rings is 1. The normalized spacial score (nSPS) is 26.1. The number of nitrogens with zero attached hydrogens (tertiary/aromatic N) is 3. The number of likely N-dealkylation sites (tertiary alicyclic amines) is 1. The minimum atomic E-state index is -0.440. The first-order chi connectivity index (χ1) is 19.0. The van der Waals surface area contributed by atoms with E-state index in [0.29, 0.717) is 23.7 Å². The van der Waals surface area contributed by atoms with Gasteiger partial charge in [-0.3, -0.25) is 14.9 Å². The van der Waals surface area contributed by atoms with Crippen molar-refractivity contribution in [2.24, 2.45) is 0 Å². The number of hydrogen-bond donors (Lipinski definition) is 3. The van der Waals surface area contributed by atoms with Crippen LogP contribution in [0.15, 0.2) is 30.3 Å². The second-order valence-electron chi connectivity index (χ2n) is 10.3. The zero-order chi connectivity index (χ0) is 27.0. The Morgan fingerprint density at radius 3 is 2.72 bits per heavy atom. The van der Waals surface area contributed by atoms with Gasteiger partial charge in [0.2, 0.25) is 5.13 Å². The van der Waals surface area contributed by atoms with Gasteiger partial charge < -0.3 is 25.0 Å². The number of rotatable bonds is 9. The fourth-order valence-corrected chi connectivity index (χ4v) is 7.47. The zero-order valence-corrected chi connectivity index (χ0v) is 24.0. The average molecular weight is 575 g/mol. The molecule has 3 saturated heterocycles. The Bertz CT molecular complexity index is 1080. The number of ether oxygens (including phenoxy) is 2. The molecule has 10 nitrogen and oxygen atoms in total. The molecule has 212 valence electrons. The summed E-state index contributed by atoms with van der Waals surface area (Å²) in [7, 11) is 0. The number of nitrogens with one attached hydrogen (secondary N) is 3. The molecule has 0 radical (unpaired) electrons. The van der Waals surface area contributed by atoms with E-state index in [1.807, 2.05) is 42.1 Å². The summed E-state index contributed by atoms with van der Waals surface area (Å²) in [6, 6.07) is 10.0. The van der Waals surface area contributed by atoms with E-state index in [-0.39, 0.29) is 30.7 Å². The van der Waals surface area contributed by atoms with Gasteiger partial charge in [0, 0.05) is 55.7 Å². The van der Waals surface area contributed by atoms with Crippen LogP contribution in [0.4, 0.5) is 5.13 Å². The van der Waals surface area contributed by atoms with Gasteiger partial charge in [-0.2, -0.15) is 4.37 Å². The maximum absolute atomic E-state index is 12.3. The zero-order valence-electron chi connectivity index (χ0n) is 22.3. The summed E-state index contributed by atoms with van der Waals surface area (Å²) in [4.78, 5) is 29.8. The predicted octanol–water partition coefficient (Wildman–Crippen LogP) is 3.19. The SMILES string of the molecule is CC(=O)OCC(=O)N1CCC(c2nsc(NC3NCC(SC4CCCCN4)CC3Oc3ccccc3)n2)CC1. The van der Waals surface area contributed by atoms with Crippen molar-refractivity contribution in [1.82, 2.24) is 24.9 Å². The van der Waals surface area contributed by atoms with Crippen LogP contribution in [0.25, 0.3) is 0 Å². The molecular weight excluding hydrogens is 536 g/mol. The molecule has 39 heavy (non-hydrogen) atoms. The molecule has 0 bridgehead atoms. The van der Waals surface area contributed by atoms with Crippen LogP contribution >= 0.6 is 23.3 Å². The largest absolute Gasteiger partial charge is 0.487 e. The van der Waals surface area contributed by atoms with Crippen molar-refractivity contribution in [3.8, 4) is 5.75 Å². The van der Waals surface area contributed by atoms with Gasteiger partial charge in [-0.25, -0.2) is 4.98 Å². The van der Waals surface area contributed by atoms with Gasteiger partial charge in [0.1, 0.15) is 23.8 Å². The van der Waals surface area contributed by atoms with E-state index in [2.05, 4.69) is 20.3 Å². The van der Waals surface area contributed by atoms with Crippen molar-refractivity contribution in [2.45, 2.75) is 74.3 Å². The van der Waals surface area contributed by atoms with E-state index in [1.165, 1.54) is 37.7 Å². The Morgan fingerprint density at radius 2 is 1.97 bits per heavy atom. The summed E-state index contributed by atoms with van der Waals surface area (Å²) < 4.78 is 16.0. The lowest BCUT2D eigenvalue weighted by Gasteiger charge is -2.38. The monoisotopic (exact) mass is 574 g/mol. The molecule has 1 aromatic carbocycles. The molecule has 2 aromatic rings. The molecule has 4 atom stereocenters. The highest BCUT2D eigenvalue weighted by atomic mass is 32.2. The van der Waals surface area contributed by atoms with Crippen LogP contribution in [-0.4, -0.2) is 81.8 Å². The second-order valence-corrected chi connectivity index (χ2v) is 12.6. The third-order valence-electron chi connectivity index (χ3n) is 7.42. The van der Waals surface area contributed by atoms with E-state index in [0.717, 1.165) is 49.1 Å². The third kappa shape index (κ3) is 8.06. The van der Waals surface area contributed by atoms with Crippen LogP contribution in [-0.2, 0) is 14.3 Å². The van der Waals surface area contributed by atoms with E-state index in [1.54, 1.807) is 4.90 Å². The predicted molar refractivity (Wildman–Crippen MR) is 153 cm³/mol. The number of carbonyl (C=O) groups excluding carboxylic acids is 2. The fraction of sp³-hybridized carbons (Fsp3) is 0.630. The minimum Gasteiger partial charge on any atom is -0.487 e. The third-order valence-corrected chi connectivity index (χ3v) is 9.55. The highest BCUT2D eigenvalue weighted by Crippen LogP contribution is 2.32. The van der Waals surface area contributed by atoms with Gasteiger partial charge in [0.25, 0.3) is 5.91 Å². The van der Waals surface area contributed by atoms with Crippen LogP contribution < -0.4 is 20.7 Å². The molecule has 3 N–H and O–H groups in total. The molecule has 1 aromatic heterocycles.